The zero-order valence-corrected chi connectivity index (χ0v) is 26.4. The van der Waals surface area contributed by atoms with Gasteiger partial charge in [0.05, 0.1) is 30.3 Å². The maximum Gasteiger partial charge on any atom is 0.257 e. The number of benzene rings is 3. The van der Waals surface area contributed by atoms with Gasteiger partial charge in [-0.25, -0.2) is 9.37 Å². The van der Waals surface area contributed by atoms with Crippen LogP contribution in [0.25, 0.3) is 11.0 Å². The Morgan fingerprint density at radius 1 is 1.02 bits per heavy atom. The van der Waals surface area contributed by atoms with Crippen LogP contribution < -0.4 is 10.1 Å². The van der Waals surface area contributed by atoms with Gasteiger partial charge in [-0.05, 0) is 75.0 Å². The minimum absolute atomic E-state index is 0.155. The number of halogens is 1. The van der Waals surface area contributed by atoms with Crippen LogP contribution in [0.4, 0.5) is 10.3 Å². The van der Waals surface area contributed by atoms with Crippen LogP contribution in [0.1, 0.15) is 48.5 Å². The van der Waals surface area contributed by atoms with Crippen molar-refractivity contribution in [3.63, 3.8) is 0 Å². The number of para-hydroxylation sites is 2. The van der Waals surface area contributed by atoms with Gasteiger partial charge in [0.2, 0.25) is 5.95 Å². The third kappa shape index (κ3) is 6.84. The van der Waals surface area contributed by atoms with E-state index in [4.69, 9.17) is 14.5 Å². The van der Waals surface area contributed by atoms with Crippen LogP contribution >= 0.6 is 0 Å². The lowest BCUT2D eigenvalue weighted by Gasteiger charge is -2.36. The minimum atomic E-state index is -0.437. The molecule has 3 heterocycles. The van der Waals surface area contributed by atoms with Crippen LogP contribution in [0.2, 0.25) is 0 Å². The van der Waals surface area contributed by atoms with Crippen LogP contribution in [0.15, 0.2) is 72.8 Å². The van der Waals surface area contributed by atoms with Crippen molar-refractivity contribution in [1.82, 2.24) is 19.4 Å². The standard InChI is InChI=1S/C36H44FN5O3/c1-3-45-24-23-42-32-12-8-7-11-31(32)39-35(42)38-29-15-19-40(20-16-29)21-17-36(27-9-5-4-6-10-27)18-22-41(26-36)34(43)30-25-28(37)13-14-33(30)44-2/h4-14,25,29H,3,15-24,26H2,1-2H3,(H,38,39). The minimum Gasteiger partial charge on any atom is -0.496 e. The highest BCUT2D eigenvalue weighted by atomic mass is 19.1. The van der Waals surface area contributed by atoms with E-state index < -0.39 is 5.82 Å². The largest absolute Gasteiger partial charge is 0.496 e. The van der Waals surface area contributed by atoms with Crippen molar-refractivity contribution in [2.45, 2.75) is 50.6 Å². The summed E-state index contributed by atoms with van der Waals surface area (Å²) in [6, 6.07) is 23.3. The Balaban J connectivity index is 1.10. The summed E-state index contributed by atoms with van der Waals surface area (Å²) in [5.74, 6) is 0.708. The predicted molar refractivity (Wildman–Crippen MR) is 176 cm³/mol. The number of hydrogen-bond donors (Lipinski definition) is 1. The third-order valence-electron chi connectivity index (χ3n) is 9.56. The van der Waals surface area contributed by atoms with Gasteiger partial charge in [-0.1, -0.05) is 42.5 Å². The molecule has 1 unspecified atom stereocenters. The molecule has 3 aromatic carbocycles. The number of carbonyl (C=O) groups excluding carboxylic acids is 1. The summed E-state index contributed by atoms with van der Waals surface area (Å²) in [6.45, 7) is 8.35. The average Bonchev–Trinajstić information content (AvgIpc) is 3.67. The molecule has 45 heavy (non-hydrogen) atoms. The van der Waals surface area contributed by atoms with E-state index in [1.807, 2.05) is 24.0 Å². The molecular formula is C36H44FN5O3. The Hall–Kier alpha value is -3.95. The van der Waals surface area contributed by atoms with E-state index in [2.05, 4.69) is 57.2 Å². The Kier molecular flexibility index (Phi) is 9.66. The van der Waals surface area contributed by atoms with Crippen molar-refractivity contribution >= 4 is 22.9 Å². The zero-order chi connectivity index (χ0) is 31.2. The topological polar surface area (TPSA) is 71.9 Å². The van der Waals surface area contributed by atoms with E-state index in [1.54, 1.807) is 0 Å². The Labute approximate surface area is 265 Å². The van der Waals surface area contributed by atoms with E-state index in [0.29, 0.717) is 38.1 Å². The zero-order valence-electron chi connectivity index (χ0n) is 26.4. The molecule has 4 aromatic rings. The number of aromatic nitrogens is 2. The van der Waals surface area contributed by atoms with Gasteiger partial charge in [-0.15, -0.1) is 0 Å². The summed E-state index contributed by atoms with van der Waals surface area (Å²) in [5, 5.41) is 3.75. The molecule has 1 atom stereocenters. The summed E-state index contributed by atoms with van der Waals surface area (Å²) in [6.07, 6.45) is 3.90. The highest BCUT2D eigenvalue weighted by Gasteiger charge is 2.42. The maximum absolute atomic E-state index is 14.1. The first kappa shape index (κ1) is 31.0. The smallest absolute Gasteiger partial charge is 0.257 e. The second-order valence-electron chi connectivity index (χ2n) is 12.3. The number of methoxy groups -OCH3 is 1. The Morgan fingerprint density at radius 2 is 1.80 bits per heavy atom. The molecule has 0 aliphatic carbocycles. The van der Waals surface area contributed by atoms with E-state index in [1.165, 1.54) is 30.9 Å². The van der Waals surface area contributed by atoms with Gasteiger partial charge in [-0.3, -0.25) is 4.79 Å². The fraction of sp³-hybridized carbons (Fsp3) is 0.444. The van der Waals surface area contributed by atoms with Crippen molar-refractivity contribution in [3.8, 4) is 5.75 Å². The van der Waals surface area contributed by atoms with Crippen LogP contribution in [-0.2, 0) is 16.7 Å². The molecule has 0 bridgehead atoms. The molecule has 9 heteroatoms. The van der Waals surface area contributed by atoms with Crippen molar-refractivity contribution in [1.29, 1.82) is 0 Å². The number of ether oxygens (including phenoxy) is 2. The molecule has 1 amide bonds. The summed E-state index contributed by atoms with van der Waals surface area (Å²) >= 11 is 0. The highest BCUT2D eigenvalue weighted by Crippen LogP contribution is 2.39. The number of anilines is 1. The van der Waals surface area contributed by atoms with Crippen molar-refractivity contribution < 1.29 is 18.7 Å². The van der Waals surface area contributed by atoms with Gasteiger partial charge in [0.25, 0.3) is 5.91 Å². The second kappa shape index (κ2) is 14.0. The van der Waals surface area contributed by atoms with Gasteiger partial charge in [0, 0.05) is 50.8 Å². The number of rotatable bonds is 12. The number of amides is 1. The fourth-order valence-electron chi connectivity index (χ4n) is 7.01. The van der Waals surface area contributed by atoms with Crippen LogP contribution in [0.3, 0.4) is 0 Å². The summed E-state index contributed by atoms with van der Waals surface area (Å²) in [7, 11) is 1.51. The van der Waals surface area contributed by atoms with E-state index in [0.717, 1.165) is 68.8 Å². The monoisotopic (exact) mass is 613 g/mol. The maximum atomic E-state index is 14.1. The predicted octanol–water partition coefficient (Wildman–Crippen LogP) is 5.97. The Morgan fingerprint density at radius 3 is 2.58 bits per heavy atom. The number of fused-ring (bicyclic) bond motifs is 1. The molecule has 1 N–H and O–H groups in total. The van der Waals surface area contributed by atoms with Gasteiger partial charge < -0.3 is 29.2 Å². The van der Waals surface area contributed by atoms with Gasteiger partial charge in [0.1, 0.15) is 11.6 Å². The number of carbonyl (C=O) groups is 1. The molecule has 0 saturated carbocycles. The number of likely N-dealkylation sites (tertiary alicyclic amines) is 2. The number of piperidine rings is 1. The molecule has 8 nitrogen and oxygen atoms in total. The molecule has 0 radical (unpaired) electrons. The Bertz CT molecular complexity index is 1590. The molecule has 2 fully saturated rings. The number of hydrogen-bond acceptors (Lipinski definition) is 6. The molecule has 1 aromatic heterocycles. The number of nitrogens with one attached hydrogen (secondary N) is 1. The van der Waals surface area contributed by atoms with Crippen LogP contribution in [-0.4, -0.2) is 84.3 Å². The first-order valence-corrected chi connectivity index (χ1v) is 16.2. The molecular weight excluding hydrogens is 569 g/mol. The molecule has 2 aliphatic rings. The number of imidazole rings is 1. The van der Waals surface area contributed by atoms with Gasteiger partial charge in [-0.2, -0.15) is 0 Å². The van der Waals surface area contributed by atoms with Crippen LogP contribution in [0, 0.1) is 5.82 Å². The van der Waals surface area contributed by atoms with Gasteiger partial charge in [0.15, 0.2) is 0 Å². The van der Waals surface area contributed by atoms with E-state index >= 15 is 0 Å². The molecule has 2 aliphatic heterocycles. The fourth-order valence-corrected chi connectivity index (χ4v) is 7.01. The third-order valence-corrected chi connectivity index (χ3v) is 9.56. The summed E-state index contributed by atoms with van der Waals surface area (Å²) < 4.78 is 27.4. The lowest BCUT2D eigenvalue weighted by atomic mass is 9.76. The second-order valence-corrected chi connectivity index (χ2v) is 12.3. The molecule has 0 spiro atoms. The van der Waals surface area contributed by atoms with Crippen molar-refractivity contribution in [2.75, 3.05) is 58.4 Å². The lowest BCUT2D eigenvalue weighted by molar-refractivity contribution is 0.0776. The molecule has 238 valence electrons. The normalized spacial score (nSPS) is 19.3. The van der Waals surface area contributed by atoms with E-state index in [9.17, 15) is 9.18 Å². The number of nitrogens with zero attached hydrogens (tertiary/aromatic N) is 4. The first-order chi connectivity index (χ1) is 22.0. The van der Waals surface area contributed by atoms with E-state index in [-0.39, 0.29) is 16.9 Å². The summed E-state index contributed by atoms with van der Waals surface area (Å²) in [4.78, 5) is 22.9. The highest BCUT2D eigenvalue weighted by molar-refractivity contribution is 5.97. The van der Waals surface area contributed by atoms with Crippen molar-refractivity contribution in [3.05, 3.63) is 89.7 Å². The van der Waals surface area contributed by atoms with Gasteiger partial charge >= 0.3 is 0 Å². The quantitative estimate of drug-likeness (QED) is 0.199. The average molecular weight is 614 g/mol. The molecule has 2 saturated heterocycles. The first-order valence-electron chi connectivity index (χ1n) is 16.2. The van der Waals surface area contributed by atoms with Crippen molar-refractivity contribution in [2.24, 2.45) is 0 Å². The van der Waals surface area contributed by atoms with Crippen LogP contribution in [0.5, 0.6) is 5.75 Å². The SMILES string of the molecule is CCOCCn1c(NC2CCN(CCC3(c4ccccc4)CCN(C(=O)c4cc(F)ccc4OC)C3)CC2)nc2ccccc21. The molecule has 6 rings (SSSR count). The summed E-state index contributed by atoms with van der Waals surface area (Å²) in [5.41, 5.74) is 3.51. The lowest BCUT2D eigenvalue weighted by Crippen LogP contribution is -2.42.